The smallest absolute Gasteiger partial charge is 0.262 e. The fourth-order valence-corrected chi connectivity index (χ4v) is 2.37. The molecule has 0 atom stereocenters. The lowest BCUT2D eigenvalue weighted by molar-refractivity contribution is -0.118. The summed E-state index contributed by atoms with van der Waals surface area (Å²) in [6, 6.07) is 11.3. The van der Waals surface area contributed by atoms with Gasteiger partial charge in [-0.15, -0.1) is 0 Å². The Morgan fingerprint density at radius 2 is 1.95 bits per heavy atom. The standard InChI is InChI=1S/C14H10Br2FNO2/c15-9-2-1-3-12(5-9)18-14(19)8-20-13-6-10(16)4-11(17)7-13/h1-7H,8H2,(H,18,19). The predicted molar refractivity (Wildman–Crippen MR) is 82.4 cm³/mol. The second kappa shape index (κ2) is 6.85. The van der Waals surface area contributed by atoms with E-state index in [9.17, 15) is 9.18 Å². The molecular formula is C14H10Br2FNO2. The van der Waals surface area contributed by atoms with E-state index in [4.69, 9.17) is 4.74 Å². The number of halogens is 3. The SMILES string of the molecule is O=C(COc1cc(F)cc(Br)c1)Nc1cccc(Br)c1. The Bertz CT molecular complexity index is 614. The highest BCUT2D eigenvalue weighted by molar-refractivity contribution is 9.10. The van der Waals surface area contributed by atoms with Gasteiger partial charge in [-0.25, -0.2) is 4.39 Å². The van der Waals surface area contributed by atoms with Crippen molar-refractivity contribution < 1.29 is 13.9 Å². The van der Waals surface area contributed by atoms with Crippen molar-refractivity contribution in [1.82, 2.24) is 0 Å². The van der Waals surface area contributed by atoms with E-state index < -0.39 is 5.82 Å². The molecule has 0 aliphatic carbocycles. The van der Waals surface area contributed by atoms with Crippen LogP contribution in [0.15, 0.2) is 51.4 Å². The van der Waals surface area contributed by atoms with Crippen LogP contribution in [-0.2, 0) is 4.79 Å². The molecule has 0 aliphatic heterocycles. The van der Waals surface area contributed by atoms with Gasteiger partial charge in [-0.3, -0.25) is 4.79 Å². The lowest BCUT2D eigenvalue weighted by Gasteiger charge is -2.08. The highest BCUT2D eigenvalue weighted by Crippen LogP contribution is 2.20. The summed E-state index contributed by atoms with van der Waals surface area (Å²) in [5.74, 6) is -0.452. The number of hydrogen-bond acceptors (Lipinski definition) is 2. The van der Waals surface area contributed by atoms with Crippen LogP contribution in [0, 0.1) is 5.82 Å². The first kappa shape index (κ1) is 15.0. The van der Waals surface area contributed by atoms with Gasteiger partial charge in [-0.2, -0.15) is 0 Å². The minimum absolute atomic E-state index is 0.192. The van der Waals surface area contributed by atoms with Crippen LogP contribution >= 0.6 is 31.9 Å². The first-order valence-corrected chi connectivity index (χ1v) is 7.26. The summed E-state index contributed by atoms with van der Waals surface area (Å²) in [6.07, 6.45) is 0. The van der Waals surface area contributed by atoms with E-state index in [0.717, 1.165) is 4.47 Å². The second-order valence-corrected chi connectivity index (χ2v) is 5.78. The number of benzene rings is 2. The van der Waals surface area contributed by atoms with Crippen molar-refractivity contribution in [2.24, 2.45) is 0 Å². The largest absolute Gasteiger partial charge is 0.484 e. The predicted octanol–water partition coefficient (Wildman–Crippen LogP) is 4.37. The molecule has 0 saturated carbocycles. The van der Waals surface area contributed by atoms with Crippen LogP contribution in [0.5, 0.6) is 5.75 Å². The van der Waals surface area contributed by atoms with Gasteiger partial charge >= 0.3 is 0 Å². The normalized spacial score (nSPS) is 10.2. The lowest BCUT2D eigenvalue weighted by atomic mass is 10.3. The molecule has 2 aromatic carbocycles. The Kier molecular flexibility index (Phi) is 5.14. The van der Waals surface area contributed by atoms with Crippen LogP contribution < -0.4 is 10.1 Å². The maximum absolute atomic E-state index is 13.1. The Morgan fingerprint density at radius 3 is 2.65 bits per heavy atom. The Morgan fingerprint density at radius 1 is 1.15 bits per heavy atom. The highest BCUT2D eigenvalue weighted by atomic mass is 79.9. The van der Waals surface area contributed by atoms with Crippen molar-refractivity contribution in [3.05, 3.63) is 57.2 Å². The number of hydrogen-bond donors (Lipinski definition) is 1. The second-order valence-electron chi connectivity index (χ2n) is 3.95. The molecule has 0 bridgehead atoms. The number of carbonyl (C=O) groups is 1. The topological polar surface area (TPSA) is 38.3 Å². The first-order chi connectivity index (χ1) is 9.52. The molecule has 3 nitrogen and oxygen atoms in total. The summed E-state index contributed by atoms with van der Waals surface area (Å²) in [6.45, 7) is -0.192. The number of ether oxygens (including phenoxy) is 1. The van der Waals surface area contributed by atoms with Crippen LogP contribution in [-0.4, -0.2) is 12.5 Å². The maximum Gasteiger partial charge on any atom is 0.262 e. The average Bonchev–Trinajstić information content (AvgIpc) is 2.35. The highest BCUT2D eigenvalue weighted by Gasteiger charge is 2.05. The number of carbonyl (C=O) groups excluding carboxylic acids is 1. The van der Waals surface area contributed by atoms with E-state index in [2.05, 4.69) is 37.2 Å². The first-order valence-electron chi connectivity index (χ1n) is 5.67. The molecule has 0 aromatic heterocycles. The van der Waals surface area contributed by atoms with Crippen molar-refractivity contribution in [2.75, 3.05) is 11.9 Å². The van der Waals surface area contributed by atoms with Gasteiger partial charge in [0.25, 0.3) is 5.91 Å². The van der Waals surface area contributed by atoms with Crippen molar-refractivity contribution >= 4 is 43.5 Å². The zero-order valence-corrected chi connectivity index (χ0v) is 13.4. The summed E-state index contributed by atoms with van der Waals surface area (Å²) >= 11 is 6.47. The molecule has 0 unspecified atom stereocenters. The fraction of sp³-hybridized carbons (Fsp3) is 0.0714. The monoisotopic (exact) mass is 401 g/mol. The average molecular weight is 403 g/mol. The van der Waals surface area contributed by atoms with E-state index in [1.807, 2.05) is 12.1 Å². The van der Waals surface area contributed by atoms with Gasteiger partial charge < -0.3 is 10.1 Å². The molecular weight excluding hydrogens is 393 g/mol. The quantitative estimate of drug-likeness (QED) is 0.824. The third-order valence-electron chi connectivity index (χ3n) is 2.31. The Labute approximate surface area is 132 Å². The van der Waals surface area contributed by atoms with Gasteiger partial charge in [0, 0.05) is 20.7 Å². The lowest BCUT2D eigenvalue weighted by Crippen LogP contribution is -2.20. The number of rotatable bonds is 4. The van der Waals surface area contributed by atoms with Crippen molar-refractivity contribution in [3.8, 4) is 5.75 Å². The molecule has 1 N–H and O–H groups in total. The Balaban J connectivity index is 1.92. The zero-order chi connectivity index (χ0) is 14.5. The van der Waals surface area contributed by atoms with Crippen molar-refractivity contribution in [1.29, 1.82) is 0 Å². The molecule has 0 spiro atoms. The molecule has 2 aromatic rings. The molecule has 0 radical (unpaired) electrons. The molecule has 0 fully saturated rings. The van der Waals surface area contributed by atoms with Gasteiger partial charge in [0.2, 0.25) is 0 Å². The summed E-state index contributed by atoms with van der Waals surface area (Å²) in [4.78, 5) is 11.7. The third-order valence-corrected chi connectivity index (χ3v) is 3.27. The van der Waals surface area contributed by atoms with E-state index >= 15 is 0 Å². The van der Waals surface area contributed by atoms with Crippen LogP contribution in [0.4, 0.5) is 10.1 Å². The van der Waals surface area contributed by atoms with Crippen LogP contribution in [0.2, 0.25) is 0 Å². The van der Waals surface area contributed by atoms with E-state index in [1.54, 1.807) is 18.2 Å². The minimum Gasteiger partial charge on any atom is -0.484 e. The summed E-state index contributed by atoms with van der Waals surface area (Å²) in [5.41, 5.74) is 0.661. The van der Waals surface area contributed by atoms with E-state index in [0.29, 0.717) is 15.9 Å². The van der Waals surface area contributed by atoms with Crippen molar-refractivity contribution in [2.45, 2.75) is 0 Å². The molecule has 0 saturated heterocycles. The maximum atomic E-state index is 13.1. The van der Waals surface area contributed by atoms with Crippen molar-refractivity contribution in [3.63, 3.8) is 0 Å². The molecule has 104 valence electrons. The summed E-state index contributed by atoms with van der Waals surface area (Å²) in [5, 5.41) is 2.68. The van der Waals surface area contributed by atoms with Crippen LogP contribution in [0.1, 0.15) is 0 Å². The summed E-state index contributed by atoms with van der Waals surface area (Å²) < 4.78 is 19.8. The van der Waals surface area contributed by atoms with Gasteiger partial charge in [0.15, 0.2) is 6.61 Å². The molecule has 2 rings (SSSR count). The number of nitrogens with one attached hydrogen (secondary N) is 1. The minimum atomic E-state index is -0.429. The Hall–Kier alpha value is -1.40. The van der Waals surface area contributed by atoms with Crippen LogP contribution in [0.25, 0.3) is 0 Å². The summed E-state index contributed by atoms with van der Waals surface area (Å²) in [7, 11) is 0. The van der Waals surface area contributed by atoms with E-state index in [-0.39, 0.29) is 12.5 Å². The van der Waals surface area contributed by atoms with Gasteiger partial charge in [0.05, 0.1) is 0 Å². The molecule has 0 heterocycles. The number of amides is 1. The van der Waals surface area contributed by atoms with Crippen LogP contribution in [0.3, 0.4) is 0 Å². The van der Waals surface area contributed by atoms with E-state index in [1.165, 1.54) is 12.1 Å². The molecule has 1 amide bonds. The van der Waals surface area contributed by atoms with Gasteiger partial charge in [-0.1, -0.05) is 37.9 Å². The van der Waals surface area contributed by atoms with Gasteiger partial charge in [0.1, 0.15) is 11.6 Å². The van der Waals surface area contributed by atoms with Gasteiger partial charge in [-0.05, 0) is 30.3 Å². The molecule has 6 heteroatoms. The molecule has 20 heavy (non-hydrogen) atoms. The fourth-order valence-electron chi connectivity index (χ4n) is 1.52. The molecule has 0 aliphatic rings. The third kappa shape index (κ3) is 4.61. The number of anilines is 1. The zero-order valence-electron chi connectivity index (χ0n) is 10.2.